The van der Waals surface area contributed by atoms with E-state index in [1.54, 1.807) is 0 Å². The van der Waals surface area contributed by atoms with Crippen molar-refractivity contribution in [2.24, 2.45) is 0 Å². The third kappa shape index (κ3) is 4.86. The van der Waals surface area contributed by atoms with Gasteiger partial charge in [0.2, 0.25) is 5.91 Å². The fourth-order valence-electron chi connectivity index (χ4n) is 3.26. The molecule has 0 spiro atoms. The van der Waals surface area contributed by atoms with Crippen LogP contribution in [0.15, 0.2) is 22.7 Å². The van der Waals surface area contributed by atoms with Crippen LogP contribution < -0.4 is 14.8 Å². The lowest BCUT2D eigenvalue weighted by atomic mass is 10.0. The van der Waals surface area contributed by atoms with Crippen molar-refractivity contribution in [3.8, 4) is 23.3 Å². The lowest BCUT2D eigenvalue weighted by molar-refractivity contribution is -0.120. The van der Waals surface area contributed by atoms with Crippen LogP contribution >= 0.6 is 0 Å². The maximum Gasteiger partial charge on any atom is 0.221 e. The number of ether oxygens (including phenoxy) is 2. The topological polar surface area (TPSA) is 73.6 Å². The standard InChI is InChI=1S/C22H26N2O4/c1-15-18(16(2)28-24-15)10-11-20(25)23-12-5-6-13-26-19-9-7-8-17-14-22(3,4)27-21(17)19/h7-9H,10-14H2,1-4H3,(H,23,25). The van der Waals surface area contributed by atoms with Crippen molar-refractivity contribution < 1.29 is 18.8 Å². The highest BCUT2D eigenvalue weighted by molar-refractivity contribution is 5.76. The van der Waals surface area contributed by atoms with E-state index < -0.39 is 0 Å². The largest absolute Gasteiger partial charge is 0.483 e. The summed E-state index contributed by atoms with van der Waals surface area (Å²) in [6.07, 6.45) is 1.86. The molecule has 0 saturated heterocycles. The second-order valence-corrected chi connectivity index (χ2v) is 7.50. The summed E-state index contributed by atoms with van der Waals surface area (Å²) in [5, 5.41) is 6.68. The van der Waals surface area contributed by atoms with Gasteiger partial charge in [0.15, 0.2) is 11.5 Å². The molecule has 0 saturated carbocycles. The molecule has 0 bridgehead atoms. The number of carbonyl (C=O) groups excluding carboxylic acids is 1. The number of nitrogens with zero attached hydrogens (tertiary/aromatic N) is 1. The molecule has 0 atom stereocenters. The third-order valence-corrected chi connectivity index (χ3v) is 4.64. The number of aryl methyl sites for hydroxylation is 2. The molecular weight excluding hydrogens is 356 g/mol. The second-order valence-electron chi connectivity index (χ2n) is 7.50. The monoisotopic (exact) mass is 382 g/mol. The molecule has 1 aliphatic rings. The zero-order valence-electron chi connectivity index (χ0n) is 16.8. The Morgan fingerprint density at radius 2 is 2.14 bits per heavy atom. The van der Waals surface area contributed by atoms with Crippen molar-refractivity contribution in [2.75, 3.05) is 13.2 Å². The number of hydrogen-bond donors (Lipinski definition) is 1. The van der Waals surface area contributed by atoms with Crippen LogP contribution in [-0.4, -0.2) is 29.8 Å². The summed E-state index contributed by atoms with van der Waals surface area (Å²) in [7, 11) is 0. The first-order valence-corrected chi connectivity index (χ1v) is 9.43. The molecule has 0 unspecified atom stereocenters. The van der Waals surface area contributed by atoms with Crippen molar-refractivity contribution in [3.05, 3.63) is 40.8 Å². The van der Waals surface area contributed by atoms with Gasteiger partial charge in [-0.05, 0) is 40.2 Å². The zero-order chi connectivity index (χ0) is 20.1. The van der Waals surface area contributed by atoms with Crippen LogP contribution in [0.5, 0.6) is 11.5 Å². The summed E-state index contributed by atoms with van der Waals surface area (Å²) in [6.45, 7) is 8.39. The minimum absolute atomic E-state index is 0.0493. The van der Waals surface area contributed by atoms with E-state index in [2.05, 4.69) is 42.2 Å². The molecule has 1 N–H and O–H groups in total. The summed E-state index contributed by atoms with van der Waals surface area (Å²) in [4.78, 5) is 11.9. The summed E-state index contributed by atoms with van der Waals surface area (Å²) < 4.78 is 16.8. The summed E-state index contributed by atoms with van der Waals surface area (Å²) in [5.41, 5.74) is 2.78. The molecule has 0 fully saturated rings. The van der Waals surface area contributed by atoms with Gasteiger partial charge in [-0.15, -0.1) is 0 Å². The Hall–Kier alpha value is -2.94. The SMILES string of the molecule is Cc1noc(C)c1CCC(=O)NCC#CCOc1cccc2c1OC(C)(C)C2. The lowest BCUT2D eigenvalue weighted by Crippen LogP contribution is -2.24. The Morgan fingerprint density at radius 3 is 2.89 bits per heavy atom. The highest BCUT2D eigenvalue weighted by atomic mass is 16.5. The molecule has 1 aliphatic heterocycles. The highest BCUT2D eigenvalue weighted by Gasteiger charge is 2.32. The number of benzene rings is 1. The molecule has 3 rings (SSSR count). The molecule has 148 valence electrons. The van der Waals surface area contributed by atoms with Crippen molar-refractivity contribution >= 4 is 5.91 Å². The number of amides is 1. The maximum absolute atomic E-state index is 11.9. The molecule has 2 aromatic rings. The Balaban J connectivity index is 1.40. The number of carbonyl (C=O) groups is 1. The quantitative estimate of drug-likeness (QED) is 0.777. The van der Waals surface area contributed by atoms with Crippen molar-refractivity contribution in [3.63, 3.8) is 0 Å². The normalized spacial score (nSPS) is 13.9. The molecule has 28 heavy (non-hydrogen) atoms. The fourth-order valence-corrected chi connectivity index (χ4v) is 3.26. The van der Waals surface area contributed by atoms with Crippen LogP contribution in [0.4, 0.5) is 0 Å². The van der Waals surface area contributed by atoms with Crippen molar-refractivity contribution in [1.82, 2.24) is 10.5 Å². The molecule has 0 aliphatic carbocycles. The van der Waals surface area contributed by atoms with Crippen molar-refractivity contribution in [2.45, 2.75) is 52.6 Å². The second kappa shape index (κ2) is 8.39. The van der Waals surface area contributed by atoms with E-state index in [4.69, 9.17) is 14.0 Å². The van der Waals surface area contributed by atoms with E-state index in [1.165, 1.54) is 0 Å². The number of hydrogen-bond acceptors (Lipinski definition) is 5. The Labute approximate surface area is 165 Å². The summed E-state index contributed by atoms with van der Waals surface area (Å²) in [6, 6.07) is 5.91. The Bertz CT molecular complexity index is 899. The predicted molar refractivity (Wildman–Crippen MR) is 105 cm³/mol. The van der Waals surface area contributed by atoms with E-state index in [0.29, 0.717) is 25.1 Å². The lowest BCUT2D eigenvalue weighted by Gasteiger charge is -2.17. The number of nitrogens with one attached hydrogen (secondary N) is 1. The number of para-hydroxylation sites is 1. The van der Waals surface area contributed by atoms with E-state index in [0.717, 1.165) is 34.8 Å². The van der Waals surface area contributed by atoms with Crippen LogP contribution in [0.1, 0.15) is 42.8 Å². The van der Waals surface area contributed by atoms with Gasteiger partial charge < -0.3 is 19.3 Å². The minimum Gasteiger partial charge on any atom is -0.483 e. The summed E-state index contributed by atoms with van der Waals surface area (Å²) >= 11 is 0. The van der Waals surface area contributed by atoms with E-state index in [1.807, 2.05) is 26.0 Å². The number of rotatable bonds is 6. The van der Waals surface area contributed by atoms with Gasteiger partial charge in [0.05, 0.1) is 12.2 Å². The summed E-state index contributed by atoms with van der Waals surface area (Å²) in [5.74, 6) is 8.06. The number of aromatic nitrogens is 1. The van der Waals surface area contributed by atoms with E-state index in [-0.39, 0.29) is 18.1 Å². The number of fused-ring (bicyclic) bond motifs is 1. The van der Waals surface area contributed by atoms with Gasteiger partial charge in [-0.2, -0.15) is 0 Å². The van der Waals surface area contributed by atoms with Crippen LogP contribution in [0.2, 0.25) is 0 Å². The molecule has 1 aromatic carbocycles. The first kappa shape index (κ1) is 19.8. The van der Waals surface area contributed by atoms with Crippen LogP contribution in [-0.2, 0) is 17.6 Å². The predicted octanol–water partition coefficient (Wildman–Crippen LogP) is 3.14. The molecule has 2 heterocycles. The molecule has 6 heteroatoms. The van der Waals surface area contributed by atoms with Gasteiger partial charge in [0.1, 0.15) is 18.0 Å². The molecule has 1 aromatic heterocycles. The smallest absolute Gasteiger partial charge is 0.221 e. The van der Waals surface area contributed by atoms with Crippen LogP contribution in [0.3, 0.4) is 0 Å². The van der Waals surface area contributed by atoms with Gasteiger partial charge in [-0.3, -0.25) is 4.79 Å². The zero-order valence-corrected chi connectivity index (χ0v) is 16.8. The highest BCUT2D eigenvalue weighted by Crippen LogP contribution is 2.41. The average molecular weight is 382 g/mol. The van der Waals surface area contributed by atoms with Crippen molar-refractivity contribution in [1.29, 1.82) is 0 Å². The van der Waals surface area contributed by atoms with Gasteiger partial charge in [-0.1, -0.05) is 29.1 Å². The van der Waals surface area contributed by atoms with Gasteiger partial charge in [-0.25, -0.2) is 0 Å². The van der Waals surface area contributed by atoms with E-state index >= 15 is 0 Å². The fraction of sp³-hybridized carbons (Fsp3) is 0.455. The van der Waals surface area contributed by atoms with Crippen LogP contribution in [0.25, 0.3) is 0 Å². The molecular formula is C22H26N2O4. The van der Waals surface area contributed by atoms with E-state index in [9.17, 15) is 4.79 Å². The molecule has 0 radical (unpaired) electrons. The first-order valence-electron chi connectivity index (χ1n) is 9.43. The van der Waals surface area contributed by atoms with Crippen LogP contribution in [0, 0.1) is 25.7 Å². The Kier molecular flexibility index (Phi) is 5.93. The minimum atomic E-state index is -0.207. The molecule has 1 amide bonds. The van der Waals surface area contributed by atoms with Gasteiger partial charge in [0.25, 0.3) is 0 Å². The molecule has 6 nitrogen and oxygen atoms in total. The Morgan fingerprint density at radius 1 is 1.32 bits per heavy atom. The third-order valence-electron chi connectivity index (χ3n) is 4.64. The maximum atomic E-state index is 11.9. The van der Waals surface area contributed by atoms with Gasteiger partial charge in [0, 0.05) is 24.0 Å². The average Bonchev–Trinajstić information content (AvgIpc) is 3.13. The first-order chi connectivity index (χ1) is 13.4. The van der Waals surface area contributed by atoms with Gasteiger partial charge >= 0.3 is 0 Å².